The lowest BCUT2D eigenvalue weighted by atomic mass is 9.97. The van der Waals surface area contributed by atoms with Gasteiger partial charge in [0.25, 0.3) is 0 Å². The maximum Gasteiger partial charge on any atom is 0.303 e. The number of carbonyl (C=O) groups is 1. The second-order valence-corrected chi connectivity index (χ2v) is 4.34. The summed E-state index contributed by atoms with van der Waals surface area (Å²) in [5.41, 5.74) is 0. The van der Waals surface area contributed by atoms with Gasteiger partial charge in [0.1, 0.15) is 0 Å². The highest BCUT2D eigenvalue weighted by Crippen LogP contribution is 2.15. The van der Waals surface area contributed by atoms with Crippen molar-refractivity contribution in [3.05, 3.63) is 12.3 Å². The first kappa shape index (κ1) is 15.2. The molecule has 1 heterocycles. The van der Waals surface area contributed by atoms with Gasteiger partial charge in [-0.25, -0.2) is 4.98 Å². The van der Waals surface area contributed by atoms with Crippen molar-refractivity contribution in [3.8, 4) is 5.88 Å². The maximum absolute atomic E-state index is 10.5. The molecule has 0 bridgehead atoms. The van der Waals surface area contributed by atoms with Crippen LogP contribution in [-0.4, -0.2) is 34.7 Å². The average molecular weight is 267 g/mol. The van der Waals surface area contributed by atoms with Crippen LogP contribution in [0.2, 0.25) is 0 Å². The van der Waals surface area contributed by atoms with Gasteiger partial charge < -0.3 is 15.2 Å². The minimum Gasteiger partial charge on any atom is -0.481 e. The van der Waals surface area contributed by atoms with Crippen LogP contribution in [0, 0.1) is 5.92 Å². The van der Waals surface area contributed by atoms with E-state index in [1.807, 2.05) is 0 Å². The number of methoxy groups -OCH3 is 1. The number of carboxylic acid groups (broad SMARTS) is 1. The Balaban J connectivity index is 2.32. The standard InChI is InChI=1S/C13H21N3O3/c1-3-10(4-5-12(17)18)6-8-14-13-15-9-7-11(16-13)19-2/h7,9-10H,3-6,8H2,1-2H3,(H,17,18)(H,14,15,16). The van der Waals surface area contributed by atoms with Crippen LogP contribution in [0.1, 0.15) is 32.6 Å². The average Bonchev–Trinajstić information content (AvgIpc) is 2.42. The molecule has 106 valence electrons. The largest absolute Gasteiger partial charge is 0.481 e. The number of anilines is 1. The number of aromatic nitrogens is 2. The fraction of sp³-hybridized carbons (Fsp3) is 0.615. The molecule has 1 atom stereocenters. The van der Waals surface area contributed by atoms with Crippen molar-refractivity contribution < 1.29 is 14.6 Å². The number of nitrogens with one attached hydrogen (secondary N) is 1. The Bertz CT molecular complexity index is 398. The zero-order valence-electron chi connectivity index (χ0n) is 11.4. The molecule has 0 saturated heterocycles. The molecule has 0 radical (unpaired) electrons. The number of ether oxygens (including phenoxy) is 1. The quantitative estimate of drug-likeness (QED) is 0.713. The van der Waals surface area contributed by atoms with Crippen molar-refractivity contribution in [2.75, 3.05) is 19.0 Å². The minimum absolute atomic E-state index is 0.230. The van der Waals surface area contributed by atoms with Gasteiger partial charge in [-0.2, -0.15) is 4.98 Å². The lowest BCUT2D eigenvalue weighted by Crippen LogP contribution is -2.12. The molecule has 19 heavy (non-hydrogen) atoms. The Morgan fingerprint density at radius 3 is 2.95 bits per heavy atom. The summed E-state index contributed by atoms with van der Waals surface area (Å²) in [6, 6.07) is 1.69. The molecule has 0 aliphatic carbocycles. The Hall–Kier alpha value is -1.85. The van der Waals surface area contributed by atoms with E-state index in [2.05, 4.69) is 22.2 Å². The first-order chi connectivity index (χ1) is 9.15. The van der Waals surface area contributed by atoms with Gasteiger partial charge in [-0.1, -0.05) is 13.3 Å². The van der Waals surface area contributed by atoms with Crippen molar-refractivity contribution in [1.82, 2.24) is 9.97 Å². The zero-order valence-corrected chi connectivity index (χ0v) is 11.4. The molecule has 1 aromatic rings. The minimum atomic E-state index is -0.734. The van der Waals surface area contributed by atoms with Gasteiger partial charge in [-0.3, -0.25) is 4.79 Å². The van der Waals surface area contributed by atoms with Crippen molar-refractivity contribution in [2.45, 2.75) is 32.6 Å². The Labute approximate surface area is 113 Å². The lowest BCUT2D eigenvalue weighted by molar-refractivity contribution is -0.137. The van der Waals surface area contributed by atoms with Crippen LogP contribution in [-0.2, 0) is 4.79 Å². The summed E-state index contributed by atoms with van der Waals surface area (Å²) >= 11 is 0. The Morgan fingerprint density at radius 1 is 1.53 bits per heavy atom. The van der Waals surface area contributed by atoms with E-state index in [0.717, 1.165) is 19.4 Å². The van der Waals surface area contributed by atoms with Crippen LogP contribution >= 0.6 is 0 Å². The Kier molecular flexibility index (Phi) is 6.63. The third kappa shape index (κ3) is 6.03. The molecule has 1 aromatic heterocycles. The monoisotopic (exact) mass is 267 g/mol. The molecule has 0 aliphatic heterocycles. The van der Waals surface area contributed by atoms with E-state index in [1.54, 1.807) is 19.4 Å². The van der Waals surface area contributed by atoms with Crippen LogP contribution in [0.25, 0.3) is 0 Å². The van der Waals surface area contributed by atoms with Gasteiger partial charge in [-0.05, 0) is 18.8 Å². The fourth-order valence-corrected chi connectivity index (χ4v) is 1.81. The van der Waals surface area contributed by atoms with Gasteiger partial charge in [0.15, 0.2) is 0 Å². The summed E-state index contributed by atoms with van der Waals surface area (Å²) in [4.78, 5) is 18.8. The number of carboxylic acids is 1. The van der Waals surface area contributed by atoms with Crippen molar-refractivity contribution >= 4 is 11.9 Å². The predicted molar refractivity (Wildman–Crippen MR) is 72.3 cm³/mol. The van der Waals surface area contributed by atoms with Gasteiger partial charge in [0, 0.05) is 25.2 Å². The molecule has 0 fully saturated rings. The molecule has 6 nitrogen and oxygen atoms in total. The summed E-state index contributed by atoms with van der Waals surface area (Å²) in [6.07, 6.45) is 4.47. The van der Waals surface area contributed by atoms with Gasteiger partial charge in [-0.15, -0.1) is 0 Å². The second kappa shape index (κ2) is 8.29. The highest BCUT2D eigenvalue weighted by atomic mass is 16.5. The summed E-state index contributed by atoms with van der Waals surface area (Å²) in [7, 11) is 1.56. The summed E-state index contributed by atoms with van der Waals surface area (Å²) in [5, 5.41) is 11.8. The van der Waals surface area contributed by atoms with E-state index >= 15 is 0 Å². The second-order valence-electron chi connectivity index (χ2n) is 4.34. The third-order valence-corrected chi connectivity index (χ3v) is 3.02. The normalized spacial score (nSPS) is 11.9. The number of rotatable bonds is 9. The number of hydrogen-bond acceptors (Lipinski definition) is 5. The smallest absolute Gasteiger partial charge is 0.303 e. The first-order valence-corrected chi connectivity index (χ1v) is 6.48. The molecule has 1 rings (SSSR count). The van der Waals surface area contributed by atoms with E-state index in [4.69, 9.17) is 9.84 Å². The van der Waals surface area contributed by atoms with E-state index in [0.29, 0.717) is 24.2 Å². The van der Waals surface area contributed by atoms with E-state index in [1.165, 1.54) is 0 Å². The molecule has 2 N–H and O–H groups in total. The lowest BCUT2D eigenvalue weighted by Gasteiger charge is -2.14. The molecular formula is C13H21N3O3. The molecule has 0 amide bonds. The highest BCUT2D eigenvalue weighted by Gasteiger charge is 2.09. The van der Waals surface area contributed by atoms with Crippen LogP contribution in [0.3, 0.4) is 0 Å². The number of hydrogen-bond donors (Lipinski definition) is 2. The van der Waals surface area contributed by atoms with Crippen molar-refractivity contribution in [3.63, 3.8) is 0 Å². The summed E-state index contributed by atoms with van der Waals surface area (Å²) in [6.45, 7) is 2.81. The fourth-order valence-electron chi connectivity index (χ4n) is 1.81. The molecule has 1 unspecified atom stereocenters. The van der Waals surface area contributed by atoms with Crippen LogP contribution in [0.15, 0.2) is 12.3 Å². The maximum atomic E-state index is 10.5. The molecule has 0 aliphatic rings. The highest BCUT2D eigenvalue weighted by molar-refractivity contribution is 5.66. The van der Waals surface area contributed by atoms with Crippen LogP contribution in [0.4, 0.5) is 5.95 Å². The SMILES string of the molecule is CCC(CCNc1nccc(OC)n1)CCC(=O)O. The third-order valence-electron chi connectivity index (χ3n) is 3.02. The van der Waals surface area contributed by atoms with Gasteiger partial charge >= 0.3 is 5.97 Å². The number of aliphatic carboxylic acids is 1. The zero-order chi connectivity index (χ0) is 14.1. The first-order valence-electron chi connectivity index (χ1n) is 6.48. The van der Waals surface area contributed by atoms with Crippen LogP contribution in [0.5, 0.6) is 5.88 Å². The predicted octanol–water partition coefficient (Wildman–Crippen LogP) is 2.18. The van der Waals surface area contributed by atoms with Crippen molar-refractivity contribution in [2.24, 2.45) is 5.92 Å². The van der Waals surface area contributed by atoms with Crippen molar-refractivity contribution in [1.29, 1.82) is 0 Å². The summed E-state index contributed by atoms with van der Waals surface area (Å²) in [5.74, 6) is 0.736. The van der Waals surface area contributed by atoms with E-state index in [-0.39, 0.29) is 6.42 Å². The Morgan fingerprint density at radius 2 is 2.32 bits per heavy atom. The van der Waals surface area contributed by atoms with Gasteiger partial charge in [0.05, 0.1) is 7.11 Å². The van der Waals surface area contributed by atoms with Crippen LogP contribution < -0.4 is 10.1 Å². The topological polar surface area (TPSA) is 84.3 Å². The molecule has 6 heteroatoms. The molecule has 0 aromatic carbocycles. The summed E-state index contributed by atoms with van der Waals surface area (Å²) < 4.78 is 5.01. The molecule has 0 spiro atoms. The molecular weight excluding hydrogens is 246 g/mol. The van der Waals surface area contributed by atoms with E-state index in [9.17, 15) is 4.79 Å². The molecule has 0 saturated carbocycles. The number of nitrogens with zero attached hydrogens (tertiary/aromatic N) is 2. The van der Waals surface area contributed by atoms with Gasteiger partial charge in [0.2, 0.25) is 11.8 Å². The van der Waals surface area contributed by atoms with E-state index < -0.39 is 5.97 Å².